The van der Waals surface area contributed by atoms with Gasteiger partial charge in [-0.05, 0) is 19.5 Å². The summed E-state index contributed by atoms with van der Waals surface area (Å²) in [4.78, 5) is 0. The van der Waals surface area contributed by atoms with Crippen molar-refractivity contribution < 1.29 is 13.9 Å². The predicted molar refractivity (Wildman–Crippen MR) is 92.1 cm³/mol. The fourth-order valence-corrected chi connectivity index (χ4v) is 2.76. The average Bonchev–Trinajstić information content (AvgIpc) is 2.56. The summed E-state index contributed by atoms with van der Waals surface area (Å²) in [6, 6.07) is 14.1. The lowest BCUT2D eigenvalue weighted by molar-refractivity contribution is -0.0814. The number of benzene rings is 2. The molecule has 2 atom stereocenters. The van der Waals surface area contributed by atoms with Gasteiger partial charge < -0.3 is 15.7 Å². The third-order valence-corrected chi connectivity index (χ3v) is 4.01. The van der Waals surface area contributed by atoms with E-state index in [0.29, 0.717) is 6.54 Å². The molecule has 3 N–H and O–H groups in total. The molecule has 0 aliphatic rings. The molecule has 0 radical (unpaired) electrons. The van der Waals surface area contributed by atoms with Gasteiger partial charge in [0.25, 0.3) is 5.92 Å². The fourth-order valence-electron chi connectivity index (χ4n) is 2.76. The molecule has 0 heterocycles. The van der Waals surface area contributed by atoms with Crippen molar-refractivity contribution in [3.8, 4) is 0 Å². The van der Waals surface area contributed by atoms with Crippen molar-refractivity contribution in [3.05, 3.63) is 71.3 Å². The number of hydrogen-bond acceptors (Lipinski definition) is 3. The summed E-state index contributed by atoms with van der Waals surface area (Å²) in [6.07, 6.45) is -1.23. The van der Waals surface area contributed by atoms with Gasteiger partial charge in [-0.15, -0.1) is 0 Å². The molecule has 0 aromatic heterocycles. The molecular formula is C19H24F2N2O. The third-order valence-electron chi connectivity index (χ3n) is 4.01. The van der Waals surface area contributed by atoms with Gasteiger partial charge in [-0.3, -0.25) is 0 Å². The van der Waals surface area contributed by atoms with Crippen LogP contribution in [0.2, 0.25) is 0 Å². The number of hydrogen-bond donors (Lipinski definition) is 3. The number of alkyl halides is 2. The van der Waals surface area contributed by atoms with E-state index >= 15 is 0 Å². The molecule has 2 rings (SSSR count). The zero-order valence-electron chi connectivity index (χ0n) is 14.0. The monoisotopic (exact) mass is 334 g/mol. The normalized spacial score (nSPS) is 14.4. The van der Waals surface area contributed by atoms with Crippen molar-refractivity contribution in [1.29, 1.82) is 0 Å². The Balaban J connectivity index is 1.97. The van der Waals surface area contributed by atoms with Crippen LogP contribution in [0.15, 0.2) is 54.6 Å². The van der Waals surface area contributed by atoms with Crippen molar-refractivity contribution in [2.75, 3.05) is 13.6 Å². The maximum Gasteiger partial charge on any atom is 0.290 e. The molecule has 0 fully saturated rings. The average molecular weight is 334 g/mol. The molecule has 0 aliphatic carbocycles. The van der Waals surface area contributed by atoms with Gasteiger partial charge in [-0.1, -0.05) is 60.2 Å². The number of halogens is 2. The molecule has 0 spiro atoms. The van der Waals surface area contributed by atoms with Crippen molar-refractivity contribution >= 4 is 0 Å². The van der Waals surface area contributed by atoms with E-state index in [0.717, 1.165) is 11.1 Å². The van der Waals surface area contributed by atoms with Crippen LogP contribution in [0, 0.1) is 6.92 Å². The standard InChI is InChI=1S/C19H24F2N2O/c1-14-7-6-8-15(11-14)12-23-13-17(24)18(22-2)19(20,21)16-9-4-3-5-10-16/h3-11,17-18,22-24H,12-13H2,1-2H3/t17-,18+/m0/s1. The van der Waals surface area contributed by atoms with E-state index in [1.54, 1.807) is 18.2 Å². The third kappa shape index (κ3) is 4.60. The first kappa shape index (κ1) is 18.5. The molecule has 3 nitrogen and oxygen atoms in total. The van der Waals surface area contributed by atoms with Gasteiger partial charge >= 0.3 is 0 Å². The molecule has 5 heteroatoms. The second-order valence-electron chi connectivity index (χ2n) is 5.94. The Labute approximate surface area is 141 Å². The molecule has 130 valence electrons. The summed E-state index contributed by atoms with van der Waals surface area (Å²) in [5, 5.41) is 15.8. The Morgan fingerprint density at radius 3 is 2.42 bits per heavy atom. The van der Waals surface area contributed by atoms with Gasteiger partial charge in [0, 0.05) is 18.7 Å². The second-order valence-corrected chi connectivity index (χ2v) is 5.94. The van der Waals surface area contributed by atoms with Crippen LogP contribution in [0.3, 0.4) is 0 Å². The first-order valence-electron chi connectivity index (χ1n) is 8.00. The van der Waals surface area contributed by atoms with Crippen molar-refractivity contribution in [1.82, 2.24) is 10.6 Å². The van der Waals surface area contributed by atoms with Gasteiger partial charge in [0.05, 0.1) is 6.10 Å². The summed E-state index contributed by atoms with van der Waals surface area (Å²) in [7, 11) is 1.44. The SMILES string of the molecule is CN[C@H]([C@@H](O)CNCc1cccc(C)c1)C(F)(F)c1ccccc1. The van der Waals surface area contributed by atoms with E-state index < -0.39 is 18.1 Å². The molecule has 0 aliphatic heterocycles. The van der Waals surface area contributed by atoms with Crippen LogP contribution in [-0.4, -0.2) is 30.8 Å². The minimum atomic E-state index is -3.17. The maximum absolute atomic E-state index is 14.6. The molecule has 0 amide bonds. The topological polar surface area (TPSA) is 44.3 Å². The predicted octanol–water partition coefficient (Wildman–Crippen LogP) is 2.83. The molecule has 24 heavy (non-hydrogen) atoms. The van der Waals surface area contributed by atoms with Gasteiger partial charge in [-0.2, -0.15) is 8.78 Å². The van der Waals surface area contributed by atoms with Gasteiger partial charge in [0.15, 0.2) is 0 Å². The highest BCUT2D eigenvalue weighted by Gasteiger charge is 2.44. The van der Waals surface area contributed by atoms with E-state index in [2.05, 4.69) is 10.6 Å². The zero-order valence-corrected chi connectivity index (χ0v) is 14.0. The number of nitrogens with one attached hydrogen (secondary N) is 2. The smallest absolute Gasteiger partial charge is 0.290 e. The Morgan fingerprint density at radius 1 is 1.08 bits per heavy atom. The lowest BCUT2D eigenvalue weighted by Crippen LogP contribution is -2.52. The highest BCUT2D eigenvalue weighted by Crippen LogP contribution is 2.33. The Morgan fingerprint density at radius 2 is 1.79 bits per heavy atom. The molecule has 0 unspecified atom stereocenters. The number of rotatable bonds is 8. The highest BCUT2D eigenvalue weighted by atomic mass is 19.3. The number of aliphatic hydroxyl groups is 1. The Hall–Kier alpha value is -1.82. The van der Waals surface area contributed by atoms with Crippen LogP contribution in [0.4, 0.5) is 8.78 Å². The first-order chi connectivity index (χ1) is 11.4. The number of aliphatic hydroxyl groups excluding tert-OH is 1. The van der Waals surface area contributed by atoms with E-state index in [-0.39, 0.29) is 12.1 Å². The van der Waals surface area contributed by atoms with Crippen LogP contribution >= 0.6 is 0 Å². The van der Waals surface area contributed by atoms with Crippen LogP contribution in [-0.2, 0) is 12.5 Å². The quantitative estimate of drug-likeness (QED) is 0.696. The summed E-state index contributed by atoms with van der Waals surface area (Å²) in [5.74, 6) is -3.17. The lowest BCUT2D eigenvalue weighted by atomic mass is 9.96. The first-order valence-corrected chi connectivity index (χ1v) is 8.00. The molecule has 0 saturated heterocycles. The minimum Gasteiger partial charge on any atom is -0.390 e. The maximum atomic E-state index is 14.6. The van der Waals surface area contributed by atoms with Crippen molar-refractivity contribution in [2.24, 2.45) is 0 Å². The van der Waals surface area contributed by atoms with Gasteiger partial charge in [0.1, 0.15) is 6.04 Å². The number of aryl methyl sites for hydroxylation is 1. The minimum absolute atomic E-state index is 0.0713. The van der Waals surface area contributed by atoms with Crippen LogP contribution in [0.25, 0.3) is 0 Å². The van der Waals surface area contributed by atoms with E-state index in [9.17, 15) is 13.9 Å². The molecule has 2 aromatic carbocycles. The van der Waals surface area contributed by atoms with Crippen LogP contribution in [0.1, 0.15) is 16.7 Å². The largest absolute Gasteiger partial charge is 0.390 e. The van der Waals surface area contributed by atoms with Crippen LogP contribution in [0.5, 0.6) is 0 Å². The molecule has 2 aromatic rings. The highest BCUT2D eigenvalue weighted by molar-refractivity contribution is 5.23. The Bertz CT molecular complexity index is 634. The molecule has 0 saturated carbocycles. The van der Waals surface area contributed by atoms with E-state index in [4.69, 9.17) is 0 Å². The van der Waals surface area contributed by atoms with E-state index in [1.807, 2.05) is 31.2 Å². The van der Waals surface area contributed by atoms with Gasteiger partial charge in [0.2, 0.25) is 0 Å². The van der Waals surface area contributed by atoms with Gasteiger partial charge in [-0.25, -0.2) is 0 Å². The number of likely N-dealkylation sites (N-methyl/N-ethyl adjacent to an activating group) is 1. The van der Waals surface area contributed by atoms with Crippen LogP contribution < -0.4 is 10.6 Å². The van der Waals surface area contributed by atoms with E-state index in [1.165, 1.54) is 19.2 Å². The summed E-state index contributed by atoms with van der Waals surface area (Å²) < 4.78 is 29.2. The molecule has 0 bridgehead atoms. The Kier molecular flexibility index (Phi) is 6.43. The fraction of sp³-hybridized carbons (Fsp3) is 0.368. The van der Waals surface area contributed by atoms with Crippen molar-refractivity contribution in [3.63, 3.8) is 0 Å². The summed E-state index contributed by atoms with van der Waals surface area (Å²) >= 11 is 0. The zero-order chi connectivity index (χ0) is 17.6. The van der Waals surface area contributed by atoms with Crippen molar-refractivity contribution in [2.45, 2.75) is 31.5 Å². The lowest BCUT2D eigenvalue weighted by Gasteiger charge is -2.31. The molecular weight excluding hydrogens is 310 g/mol. The second kappa shape index (κ2) is 8.33. The summed E-state index contributed by atoms with van der Waals surface area (Å²) in [6.45, 7) is 2.59. The summed E-state index contributed by atoms with van der Waals surface area (Å²) in [5.41, 5.74) is 2.08.